The standard InChI is InChI=1S/C14H21N3O2/c1-17(7-2-3-9-18)8-6-11-4-5-12-13(10-11)16-14(19)15-12/h4-5,10,18H,2-3,6-9H2,1H3,(H2,15,16,19). The van der Waals surface area contributed by atoms with Crippen molar-refractivity contribution in [3.05, 3.63) is 34.2 Å². The second-order valence-corrected chi connectivity index (χ2v) is 4.94. The number of H-pyrrole nitrogens is 2. The molecule has 19 heavy (non-hydrogen) atoms. The van der Waals surface area contributed by atoms with Gasteiger partial charge in [-0.05, 0) is 50.6 Å². The van der Waals surface area contributed by atoms with Crippen molar-refractivity contribution in [2.75, 3.05) is 26.7 Å². The van der Waals surface area contributed by atoms with E-state index >= 15 is 0 Å². The number of hydrogen-bond donors (Lipinski definition) is 3. The molecule has 0 saturated heterocycles. The van der Waals surface area contributed by atoms with Gasteiger partial charge in [-0.3, -0.25) is 0 Å². The van der Waals surface area contributed by atoms with Crippen molar-refractivity contribution in [1.82, 2.24) is 14.9 Å². The van der Waals surface area contributed by atoms with Gasteiger partial charge in [-0.15, -0.1) is 0 Å². The first kappa shape index (κ1) is 13.8. The first-order valence-corrected chi connectivity index (χ1v) is 6.69. The lowest BCUT2D eigenvalue weighted by Gasteiger charge is -2.16. The quantitative estimate of drug-likeness (QED) is 0.655. The third-order valence-corrected chi connectivity index (χ3v) is 3.31. The Labute approximate surface area is 112 Å². The molecule has 0 fully saturated rings. The maximum atomic E-state index is 11.2. The number of imidazole rings is 1. The number of nitrogens with zero attached hydrogens (tertiary/aromatic N) is 1. The number of aromatic amines is 2. The maximum Gasteiger partial charge on any atom is 0.323 e. The lowest BCUT2D eigenvalue weighted by atomic mass is 10.1. The predicted octanol–water partition coefficient (Wildman–Crippen LogP) is 1.10. The van der Waals surface area contributed by atoms with Crippen LogP contribution in [0.25, 0.3) is 11.0 Å². The van der Waals surface area contributed by atoms with Gasteiger partial charge in [-0.2, -0.15) is 0 Å². The summed E-state index contributed by atoms with van der Waals surface area (Å²) >= 11 is 0. The average Bonchev–Trinajstić information content (AvgIpc) is 2.76. The summed E-state index contributed by atoms with van der Waals surface area (Å²) in [5, 5.41) is 8.74. The molecular formula is C14H21N3O2. The molecule has 104 valence electrons. The summed E-state index contributed by atoms with van der Waals surface area (Å²) in [6.45, 7) is 2.25. The topological polar surface area (TPSA) is 72.1 Å². The highest BCUT2D eigenvalue weighted by Crippen LogP contribution is 2.11. The largest absolute Gasteiger partial charge is 0.396 e. The van der Waals surface area contributed by atoms with Crippen molar-refractivity contribution >= 4 is 11.0 Å². The Hall–Kier alpha value is -1.59. The molecule has 0 atom stereocenters. The normalized spacial score (nSPS) is 11.5. The number of hydrogen-bond acceptors (Lipinski definition) is 3. The SMILES string of the molecule is CN(CCCCO)CCc1ccc2[nH]c(=O)[nH]c2c1. The summed E-state index contributed by atoms with van der Waals surface area (Å²) in [6.07, 6.45) is 2.84. The monoisotopic (exact) mass is 263 g/mol. The van der Waals surface area contributed by atoms with Crippen molar-refractivity contribution in [2.45, 2.75) is 19.3 Å². The van der Waals surface area contributed by atoms with Crippen molar-refractivity contribution in [3.8, 4) is 0 Å². The number of benzene rings is 1. The molecule has 5 nitrogen and oxygen atoms in total. The number of nitrogens with one attached hydrogen (secondary N) is 2. The van der Waals surface area contributed by atoms with Gasteiger partial charge in [0.25, 0.3) is 0 Å². The Morgan fingerprint density at radius 2 is 1.95 bits per heavy atom. The van der Waals surface area contributed by atoms with Gasteiger partial charge in [0.05, 0.1) is 11.0 Å². The molecule has 2 aromatic rings. The number of fused-ring (bicyclic) bond motifs is 1. The summed E-state index contributed by atoms with van der Waals surface area (Å²) in [5.41, 5.74) is 2.78. The molecule has 1 aromatic carbocycles. The highest BCUT2D eigenvalue weighted by molar-refractivity contribution is 5.74. The molecule has 0 spiro atoms. The van der Waals surface area contributed by atoms with Crippen LogP contribution in [-0.4, -0.2) is 46.7 Å². The summed E-state index contributed by atoms with van der Waals surface area (Å²) in [4.78, 5) is 19.0. The molecule has 1 aromatic heterocycles. The van der Waals surface area contributed by atoms with Crippen molar-refractivity contribution in [2.24, 2.45) is 0 Å². The lowest BCUT2D eigenvalue weighted by molar-refractivity contribution is 0.264. The molecule has 0 unspecified atom stereocenters. The molecule has 0 aliphatic heterocycles. The Kier molecular flexibility index (Phi) is 4.76. The van der Waals surface area contributed by atoms with Crippen molar-refractivity contribution in [1.29, 1.82) is 0 Å². The second kappa shape index (κ2) is 6.54. The average molecular weight is 263 g/mol. The van der Waals surface area contributed by atoms with E-state index in [-0.39, 0.29) is 12.3 Å². The van der Waals surface area contributed by atoms with E-state index in [1.165, 1.54) is 5.56 Å². The first-order valence-electron chi connectivity index (χ1n) is 6.69. The fourth-order valence-electron chi connectivity index (χ4n) is 2.16. The van der Waals surface area contributed by atoms with Crippen LogP contribution in [0.5, 0.6) is 0 Å². The van der Waals surface area contributed by atoms with E-state index in [0.29, 0.717) is 0 Å². The number of aliphatic hydroxyl groups excluding tert-OH is 1. The molecule has 3 N–H and O–H groups in total. The zero-order chi connectivity index (χ0) is 13.7. The molecule has 0 saturated carbocycles. The van der Waals surface area contributed by atoms with Gasteiger partial charge in [0, 0.05) is 13.2 Å². The smallest absolute Gasteiger partial charge is 0.323 e. The highest BCUT2D eigenvalue weighted by atomic mass is 16.2. The van der Waals surface area contributed by atoms with Crippen LogP contribution in [0.3, 0.4) is 0 Å². The fourth-order valence-corrected chi connectivity index (χ4v) is 2.16. The van der Waals surface area contributed by atoms with Crippen molar-refractivity contribution in [3.63, 3.8) is 0 Å². The van der Waals surface area contributed by atoms with Crippen molar-refractivity contribution < 1.29 is 5.11 Å². The summed E-state index contributed by atoms with van der Waals surface area (Å²) in [6, 6.07) is 6.01. The number of aliphatic hydroxyl groups is 1. The Balaban J connectivity index is 1.88. The molecule has 0 amide bonds. The molecule has 0 aliphatic rings. The van der Waals surface area contributed by atoms with Gasteiger partial charge < -0.3 is 20.0 Å². The van der Waals surface area contributed by atoms with Crippen LogP contribution in [0.15, 0.2) is 23.0 Å². The molecular weight excluding hydrogens is 242 g/mol. The summed E-state index contributed by atoms with van der Waals surface area (Å²) in [5.74, 6) is 0. The minimum absolute atomic E-state index is 0.159. The van der Waals surface area contributed by atoms with Crippen LogP contribution >= 0.6 is 0 Å². The van der Waals surface area contributed by atoms with Crippen LogP contribution in [0, 0.1) is 0 Å². The van der Waals surface area contributed by atoms with E-state index in [1.807, 2.05) is 18.2 Å². The van der Waals surface area contributed by atoms with Gasteiger partial charge >= 0.3 is 5.69 Å². The van der Waals surface area contributed by atoms with Crippen LogP contribution in [0.4, 0.5) is 0 Å². The Morgan fingerprint density at radius 1 is 1.16 bits per heavy atom. The van der Waals surface area contributed by atoms with E-state index < -0.39 is 0 Å². The second-order valence-electron chi connectivity index (χ2n) is 4.94. The van der Waals surface area contributed by atoms with Gasteiger partial charge in [-0.25, -0.2) is 4.79 Å². The van der Waals surface area contributed by atoms with Gasteiger partial charge in [0.2, 0.25) is 0 Å². The maximum absolute atomic E-state index is 11.2. The van der Waals surface area contributed by atoms with E-state index in [2.05, 4.69) is 21.9 Å². The number of unbranched alkanes of at least 4 members (excludes halogenated alkanes) is 1. The summed E-state index contributed by atoms with van der Waals surface area (Å²) < 4.78 is 0. The minimum Gasteiger partial charge on any atom is -0.396 e. The molecule has 0 bridgehead atoms. The van der Waals surface area contributed by atoms with E-state index in [0.717, 1.165) is 43.4 Å². The van der Waals surface area contributed by atoms with Gasteiger partial charge in [-0.1, -0.05) is 6.07 Å². The van der Waals surface area contributed by atoms with Crippen LogP contribution in [0.2, 0.25) is 0 Å². The fraction of sp³-hybridized carbons (Fsp3) is 0.500. The Morgan fingerprint density at radius 3 is 2.74 bits per heavy atom. The van der Waals surface area contributed by atoms with E-state index in [9.17, 15) is 4.79 Å². The zero-order valence-corrected chi connectivity index (χ0v) is 11.3. The minimum atomic E-state index is -0.159. The first-order chi connectivity index (χ1) is 9.19. The zero-order valence-electron chi connectivity index (χ0n) is 11.3. The van der Waals surface area contributed by atoms with Crippen LogP contribution < -0.4 is 5.69 Å². The molecule has 0 aliphatic carbocycles. The van der Waals surface area contributed by atoms with Crippen LogP contribution in [0.1, 0.15) is 18.4 Å². The van der Waals surface area contributed by atoms with E-state index in [1.54, 1.807) is 0 Å². The molecule has 2 rings (SSSR count). The Bertz CT molecular complexity index is 573. The lowest BCUT2D eigenvalue weighted by Crippen LogP contribution is -2.22. The van der Waals surface area contributed by atoms with Crippen LogP contribution in [-0.2, 0) is 6.42 Å². The molecule has 5 heteroatoms. The number of likely N-dealkylation sites (N-methyl/N-ethyl adjacent to an activating group) is 1. The number of aromatic nitrogens is 2. The van der Waals surface area contributed by atoms with Gasteiger partial charge in [0.1, 0.15) is 0 Å². The van der Waals surface area contributed by atoms with Gasteiger partial charge in [0.15, 0.2) is 0 Å². The third-order valence-electron chi connectivity index (χ3n) is 3.31. The summed E-state index contributed by atoms with van der Waals surface area (Å²) in [7, 11) is 2.09. The molecule has 0 radical (unpaired) electrons. The molecule has 1 heterocycles. The number of rotatable bonds is 7. The highest BCUT2D eigenvalue weighted by Gasteiger charge is 2.02. The van der Waals surface area contributed by atoms with E-state index in [4.69, 9.17) is 5.11 Å². The predicted molar refractivity (Wildman–Crippen MR) is 76.4 cm³/mol. The third kappa shape index (κ3) is 3.94.